The zero-order valence-corrected chi connectivity index (χ0v) is 17.0. The van der Waals surface area contributed by atoms with Crippen molar-refractivity contribution in [3.63, 3.8) is 0 Å². The number of ether oxygens (including phenoxy) is 1. The first-order valence-corrected chi connectivity index (χ1v) is 11.0. The fourth-order valence-electron chi connectivity index (χ4n) is 4.54. The van der Waals surface area contributed by atoms with Crippen LogP contribution < -0.4 is 10.1 Å². The molecule has 0 aromatic carbocycles. The van der Waals surface area contributed by atoms with Crippen LogP contribution in [0, 0.1) is 23.2 Å². The Kier molecular flexibility index (Phi) is 7.71. The number of hydrogen-bond acceptors (Lipinski definition) is 4. The van der Waals surface area contributed by atoms with Crippen molar-refractivity contribution in [2.24, 2.45) is 11.8 Å². The van der Waals surface area contributed by atoms with E-state index in [9.17, 15) is 4.79 Å². The molecule has 3 rings (SSSR count). The van der Waals surface area contributed by atoms with Crippen molar-refractivity contribution >= 4 is 5.91 Å². The van der Waals surface area contributed by atoms with Crippen molar-refractivity contribution in [1.29, 1.82) is 5.26 Å². The molecule has 0 bridgehead atoms. The van der Waals surface area contributed by atoms with E-state index in [0.29, 0.717) is 11.4 Å². The minimum atomic E-state index is 0.141. The summed E-state index contributed by atoms with van der Waals surface area (Å²) in [6.07, 6.45) is 13.9. The second-order valence-electron chi connectivity index (χ2n) is 8.46. The molecule has 2 saturated carbocycles. The lowest BCUT2D eigenvalue weighted by Gasteiger charge is -2.32. The van der Waals surface area contributed by atoms with Gasteiger partial charge in [0.25, 0.3) is 0 Å². The molecule has 2 aliphatic carbocycles. The molecule has 0 spiro atoms. The molecule has 152 valence electrons. The second kappa shape index (κ2) is 10.5. The fourth-order valence-corrected chi connectivity index (χ4v) is 4.54. The van der Waals surface area contributed by atoms with Gasteiger partial charge in [0.05, 0.1) is 5.56 Å². The number of amides is 1. The van der Waals surface area contributed by atoms with E-state index in [2.05, 4.69) is 23.3 Å². The summed E-state index contributed by atoms with van der Waals surface area (Å²) in [5.41, 5.74) is 0.540. The number of carbonyl (C=O) groups is 1. The van der Waals surface area contributed by atoms with Gasteiger partial charge >= 0.3 is 0 Å². The van der Waals surface area contributed by atoms with E-state index in [0.717, 1.165) is 44.4 Å². The summed E-state index contributed by atoms with van der Waals surface area (Å²) in [5, 5.41) is 12.1. The van der Waals surface area contributed by atoms with Crippen molar-refractivity contribution < 1.29 is 9.53 Å². The van der Waals surface area contributed by atoms with E-state index in [4.69, 9.17) is 10.00 Å². The third kappa shape index (κ3) is 5.95. The number of nitriles is 1. The van der Waals surface area contributed by atoms with Crippen LogP contribution in [0.15, 0.2) is 18.3 Å². The number of hydrogen-bond donors (Lipinski definition) is 1. The summed E-state index contributed by atoms with van der Waals surface area (Å²) in [5.74, 6) is 1.90. The van der Waals surface area contributed by atoms with Crippen molar-refractivity contribution in [2.45, 2.75) is 89.7 Å². The summed E-state index contributed by atoms with van der Waals surface area (Å²) in [7, 11) is 0. The largest absolute Gasteiger partial charge is 0.474 e. The Morgan fingerprint density at radius 1 is 1.18 bits per heavy atom. The van der Waals surface area contributed by atoms with Crippen molar-refractivity contribution in [2.75, 3.05) is 0 Å². The molecule has 1 heterocycles. The van der Waals surface area contributed by atoms with E-state index in [1.54, 1.807) is 12.1 Å². The SMILES string of the molecule is CCCCC1CCC(C(=O)NC2CCC(Oc3ccc(C#N)cn3)CC2)CC1. The number of rotatable bonds is 7. The lowest BCUT2D eigenvalue weighted by molar-refractivity contribution is -0.127. The van der Waals surface area contributed by atoms with Gasteiger partial charge in [0.15, 0.2) is 0 Å². The molecule has 5 nitrogen and oxygen atoms in total. The Bertz CT molecular complexity index is 651. The zero-order chi connectivity index (χ0) is 19.8. The van der Waals surface area contributed by atoms with E-state index >= 15 is 0 Å². The Hall–Kier alpha value is -2.09. The molecule has 0 saturated heterocycles. The number of carbonyl (C=O) groups excluding carboxylic acids is 1. The van der Waals surface area contributed by atoms with Gasteiger partial charge in [-0.25, -0.2) is 4.98 Å². The molecule has 1 aromatic rings. The maximum Gasteiger partial charge on any atom is 0.223 e. The second-order valence-corrected chi connectivity index (χ2v) is 8.46. The molecule has 2 aliphatic rings. The maximum absolute atomic E-state index is 12.6. The summed E-state index contributed by atoms with van der Waals surface area (Å²) in [4.78, 5) is 16.8. The summed E-state index contributed by atoms with van der Waals surface area (Å²) < 4.78 is 5.94. The topological polar surface area (TPSA) is 75.0 Å². The van der Waals surface area contributed by atoms with Crippen LogP contribution in [0.1, 0.15) is 83.1 Å². The highest BCUT2D eigenvalue weighted by Crippen LogP contribution is 2.32. The van der Waals surface area contributed by atoms with Crippen LogP contribution in [-0.2, 0) is 4.79 Å². The molecular weight excluding hydrogens is 350 g/mol. The molecule has 1 aromatic heterocycles. The molecular formula is C23H33N3O2. The van der Waals surface area contributed by atoms with Crippen LogP contribution in [0.3, 0.4) is 0 Å². The van der Waals surface area contributed by atoms with E-state index in [-0.39, 0.29) is 24.0 Å². The third-order valence-corrected chi connectivity index (χ3v) is 6.36. The predicted octanol–water partition coefficient (Wildman–Crippen LogP) is 4.76. The molecule has 2 fully saturated rings. The average Bonchev–Trinajstić information content (AvgIpc) is 2.74. The van der Waals surface area contributed by atoms with Gasteiger partial charge in [-0.3, -0.25) is 4.79 Å². The lowest BCUT2D eigenvalue weighted by atomic mass is 9.79. The lowest BCUT2D eigenvalue weighted by Crippen LogP contribution is -2.43. The fraction of sp³-hybridized carbons (Fsp3) is 0.696. The van der Waals surface area contributed by atoms with Crippen LogP contribution >= 0.6 is 0 Å². The highest BCUT2D eigenvalue weighted by atomic mass is 16.5. The Morgan fingerprint density at radius 2 is 1.93 bits per heavy atom. The number of aromatic nitrogens is 1. The van der Waals surface area contributed by atoms with Crippen molar-refractivity contribution in [1.82, 2.24) is 10.3 Å². The van der Waals surface area contributed by atoms with Crippen LogP contribution in [0.5, 0.6) is 5.88 Å². The third-order valence-electron chi connectivity index (χ3n) is 6.36. The maximum atomic E-state index is 12.6. The molecule has 1 amide bonds. The molecule has 28 heavy (non-hydrogen) atoms. The standard InChI is InChI=1S/C23H33N3O2/c1-2-3-4-17-5-8-19(9-6-17)23(27)26-20-10-12-21(13-11-20)28-22-14-7-18(15-24)16-25-22/h7,14,16-17,19-21H,2-6,8-13H2,1H3,(H,26,27). The summed E-state index contributed by atoms with van der Waals surface area (Å²) in [6, 6.07) is 5.82. The van der Waals surface area contributed by atoms with Gasteiger partial charge in [-0.1, -0.05) is 26.2 Å². The smallest absolute Gasteiger partial charge is 0.223 e. The number of nitrogens with zero attached hydrogens (tertiary/aromatic N) is 2. The minimum absolute atomic E-state index is 0.141. The Balaban J connectivity index is 1.36. The number of unbranched alkanes of at least 4 members (excludes halogenated alkanes) is 1. The van der Waals surface area contributed by atoms with Crippen LogP contribution in [-0.4, -0.2) is 23.0 Å². The van der Waals surface area contributed by atoms with Crippen molar-refractivity contribution in [3.05, 3.63) is 23.9 Å². The van der Waals surface area contributed by atoms with Crippen LogP contribution in [0.4, 0.5) is 0 Å². The first-order chi connectivity index (χ1) is 13.7. The summed E-state index contributed by atoms with van der Waals surface area (Å²) in [6.45, 7) is 2.25. The van der Waals surface area contributed by atoms with Gasteiger partial charge in [0.2, 0.25) is 11.8 Å². The Labute approximate surface area is 168 Å². The van der Waals surface area contributed by atoms with Crippen LogP contribution in [0.25, 0.3) is 0 Å². The van der Waals surface area contributed by atoms with Gasteiger partial charge in [-0.05, 0) is 63.4 Å². The van der Waals surface area contributed by atoms with E-state index in [1.807, 2.05) is 0 Å². The van der Waals surface area contributed by atoms with Gasteiger partial charge in [0, 0.05) is 24.2 Å². The normalized spacial score (nSPS) is 27.6. The minimum Gasteiger partial charge on any atom is -0.474 e. The quantitative estimate of drug-likeness (QED) is 0.737. The van der Waals surface area contributed by atoms with Gasteiger partial charge in [-0.2, -0.15) is 5.26 Å². The Morgan fingerprint density at radius 3 is 2.54 bits per heavy atom. The monoisotopic (exact) mass is 383 g/mol. The van der Waals surface area contributed by atoms with E-state index in [1.165, 1.54) is 38.3 Å². The van der Waals surface area contributed by atoms with Crippen molar-refractivity contribution in [3.8, 4) is 11.9 Å². The highest BCUT2D eigenvalue weighted by Gasteiger charge is 2.29. The van der Waals surface area contributed by atoms with Crippen LogP contribution in [0.2, 0.25) is 0 Å². The first kappa shape index (κ1) is 20.6. The summed E-state index contributed by atoms with van der Waals surface area (Å²) >= 11 is 0. The van der Waals surface area contributed by atoms with E-state index < -0.39 is 0 Å². The number of pyridine rings is 1. The van der Waals surface area contributed by atoms with Gasteiger partial charge in [-0.15, -0.1) is 0 Å². The molecule has 0 radical (unpaired) electrons. The highest BCUT2D eigenvalue weighted by molar-refractivity contribution is 5.79. The molecule has 5 heteroatoms. The molecule has 0 unspecified atom stereocenters. The molecule has 0 aliphatic heterocycles. The zero-order valence-electron chi connectivity index (χ0n) is 17.0. The molecule has 0 atom stereocenters. The van der Waals surface area contributed by atoms with Gasteiger partial charge in [0.1, 0.15) is 12.2 Å². The molecule has 1 N–H and O–H groups in total. The predicted molar refractivity (Wildman–Crippen MR) is 109 cm³/mol. The number of nitrogens with one attached hydrogen (secondary N) is 1. The average molecular weight is 384 g/mol. The first-order valence-electron chi connectivity index (χ1n) is 11.0. The van der Waals surface area contributed by atoms with Gasteiger partial charge < -0.3 is 10.1 Å².